The fourth-order valence-corrected chi connectivity index (χ4v) is 3.47. The SMILES string of the molecule is Cl.O=C(C1CNCCO1)N(Cc1ccccc1)C1CCCCC1. The van der Waals surface area contributed by atoms with Crippen molar-refractivity contribution in [3.63, 3.8) is 0 Å². The predicted octanol–water partition coefficient (Wildman–Crippen LogP) is 2.76. The second-order valence-electron chi connectivity index (χ2n) is 6.31. The number of halogens is 1. The second kappa shape index (κ2) is 9.26. The van der Waals surface area contributed by atoms with E-state index in [-0.39, 0.29) is 24.4 Å². The zero-order chi connectivity index (χ0) is 15.2. The quantitative estimate of drug-likeness (QED) is 0.917. The number of nitrogens with zero attached hydrogens (tertiary/aromatic N) is 1. The van der Waals surface area contributed by atoms with Crippen LogP contribution >= 0.6 is 12.4 Å². The summed E-state index contributed by atoms with van der Waals surface area (Å²) in [6, 6.07) is 10.7. The third-order valence-electron chi connectivity index (χ3n) is 4.70. The molecule has 128 valence electrons. The van der Waals surface area contributed by atoms with Crippen molar-refractivity contribution >= 4 is 18.3 Å². The first-order chi connectivity index (χ1) is 10.8. The number of rotatable bonds is 4. The standard InChI is InChI=1S/C18H26N2O2.ClH/c21-18(17-13-19-11-12-22-17)20(16-9-5-2-6-10-16)14-15-7-3-1-4-8-15;/h1,3-4,7-8,16-17,19H,2,5-6,9-14H2;1H. The van der Waals surface area contributed by atoms with Crippen molar-refractivity contribution in [3.8, 4) is 0 Å². The number of amides is 1. The van der Waals surface area contributed by atoms with Gasteiger partial charge in [-0.3, -0.25) is 4.79 Å². The summed E-state index contributed by atoms with van der Waals surface area (Å²) in [6.45, 7) is 2.80. The van der Waals surface area contributed by atoms with Crippen molar-refractivity contribution < 1.29 is 9.53 Å². The number of carbonyl (C=O) groups excluding carboxylic acids is 1. The van der Waals surface area contributed by atoms with Crippen LogP contribution in [0.5, 0.6) is 0 Å². The average molecular weight is 339 g/mol. The largest absolute Gasteiger partial charge is 0.366 e. The van der Waals surface area contributed by atoms with Gasteiger partial charge in [-0.15, -0.1) is 12.4 Å². The van der Waals surface area contributed by atoms with Gasteiger partial charge in [0.1, 0.15) is 6.10 Å². The Morgan fingerprint density at radius 2 is 1.91 bits per heavy atom. The minimum absolute atomic E-state index is 0. The minimum atomic E-state index is -0.320. The minimum Gasteiger partial charge on any atom is -0.366 e. The van der Waals surface area contributed by atoms with Crippen LogP contribution in [0.4, 0.5) is 0 Å². The van der Waals surface area contributed by atoms with E-state index >= 15 is 0 Å². The van der Waals surface area contributed by atoms with Gasteiger partial charge in [-0.25, -0.2) is 0 Å². The first-order valence-corrected chi connectivity index (χ1v) is 8.51. The van der Waals surface area contributed by atoms with Gasteiger partial charge in [0.2, 0.25) is 0 Å². The van der Waals surface area contributed by atoms with Gasteiger partial charge in [0.05, 0.1) is 6.61 Å². The molecule has 0 aromatic heterocycles. The van der Waals surface area contributed by atoms with Crippen LogP contribution in [0.25, 0.3) is 0 Å². The van der Waals surface area contributed by atoms with Gasteiger partial charge in [-0.05, 0) is 18.4 Å². The van der Waals surface area contributed by atoms with Crippen molar-refractivity contribution in [3.05, 3.63) is 35.9 Å². The molecular weight excluding hydrogens is 312 g/mol. The van der Waals surface area contributed by atoms with Crippen LogP contribution in [0.3, 0.4) is 0 Å². The van der Waals surface area contributed by atoms with E-state index in [1.54, 1.807) is 0 Å². The molecule has 1 aromatic carbocycles. The summed E-state index contributed by atoms with van der Waals surface area (Å²) in [5, 5.41) is 3.26. The molecule has 4 nitrogen and oxygen atoms in total. The highest BCUT2D eigenvalue weighted by molar-refractivity contribution is 5.85. The maximum Gasteiger partial charge on any atom is 0.253 e. The molecule has 5 heteroatoms. The van der Waals surface area contributed by atoms with Crippen LogP contribution < -0.4 is 5.32 Å². The average Bonchev–Trinajstić information content (AvgIpc) is 2.61. The monoisotopic (exact) mass is 338 g/mol. The van der Waals surface area contributed by atoms with E-state index in [2.05, 4.69) is 22.3 Å². The van der Waals surface area contributed by atoms with Gasteiger partial charge in [-0.2, -0.15) is 0 Å². The maximum absolute atomic E-state index is 13.0. The molecule has 0 radical (unpaired) electrons. The lowest BCUT2D eigenvalue weighted by molar-refractivity contribution is -0.149. The Balaban J connectivity index is 0.00000192. The van der Waals surface area contributed by atoms with E-state index in [1.807, 2.05) is 18.2 Å². The van der Waals surface area contributed by atoms with Crippen molar-refractivity contribution in [1.82, 2.24) is 10.2 Å². The predicted molar refractivity (Wildman–Crippen MR) is 93.7 cm³/mol. The van der Waals surface area contributed by atoms with Gasteiger partial charge in [-0.1, -0.05) is 49.6 Å². The third-order valence-corrected chi connectivity index (χ3v) is 4.70. The Morgan fingerprint density at radius 1 is 1.17 bits per heavy atom. The Morgan fingerprint density at radius 3 is 2.57 bits per heavy atom. The number of morpholine rings is 1. The summed E-state index contributed by atoms with van der Waals surface area (Å²) < 4.78 is 5.70. The van der Waals surface area contributed by atoms with Gasteiger partial charge >= 0.3 is 0 Å². The number of carbonyl (C=O) groups is 1. The molecule has 1 aliphatic carbocycles. The van der Waals surface area contributed by atoms with Crippen LogP contribution in [0.15, 0.2) is 30.3 Å². The molecule has 1 saturated heterocycles. The molecule has 2 fully saturated rings. The van der Waals surface area contributed by atoms with Crippen molar-refractivity contribution in [1.29, 1.82) is 0 Å². The molecule has 2 aliphatic rings. The molecule has 1 amide bonds. The third kappa shape index (κ3) is 4.93. The molecule has 1 heterocycles. The molecule has 1 aromatic rings. The van der Waals surface area contributed by atoms with Crippen molar-refractivity contribution in [2.75, 3.05) is 19.7 Å². The molecule has 1 unspecified atom stereocenters. The Labute approximate surface area is 145 Å². The van der Waals surface area contributed by atoms with Crippen molar-refractivity contribution in [2.45, 2.75) is 50.8 Å². The van der Waals surface area contributed by atoms with Crippen molar-refractivity contribution in [2.24, 2.45) is 0 Å². The number of benzene rings is 1. The van der Waals surface area contributed by atoms with Crippen LogP contribution in [0, 0.1) is 0 Å². The van der Waals surface area contributed by atoms with Gasteiger partial charge in [0.25, 0.3) is 5.91 Å². The number of hydrogen-bond acceptors (Lipinski definition) is 3. The Bertz CT molecular complexity index is 471. The highest BCUT2D eigenvalue weighted by atomic mass is 35.5. The van der Waals surface area contributed by atoms with Crippen LogP contribution in [0.1, 0.15) is 37.7 Å². The van der Waals surface area contributed by atoms with Gasteiger partial charge < -0.3 is 15.0 Å². The normalized spacial score (nSPS) is 22.2. The zero-order valence-electron chi connectivity index (χ0n) is 13.6. The number of hydrogen-bond donors (Lipinski definition) is 1. The summed E-state index contributed by atoms with van der Waals surface area (Å²) in [5.41, 5.74) is 1.20. The molecule has 1 saturated carbocycles. The lowest BCUT2D eigenvalue weighted by Crippen LogP contribution is -2.52. The summed E-state index contributed by atoms with van der Waals surface area (Å²) in [7, 11) is 0. The van der Waals surface area contributed by atoms with Crippen LogP contribution in [-0.2, 0) is 16.1 Å². The molecule has 0 bridgehead atoms. The topological polar surface area (TPSA) is 41.6 Å². The first-order valence-electron chi connectivity index (χ1n) is 8.51. The fraction of sp³-hybridized carbons (Fsp3) is 0.611. The molecule has 23 heavy (non-hydrogen) atoms. The maximum atomic E-state index is 13.0. The lowest BCUT2D eigenvalue weighted by Gasteiger charge is -2.37. The summed E-state index contributed by atoms with van der Waals surface area (Å²) in [6.07, 6.45) is 5.68. The molecular formula is C18H27ClN2O2. The van der Waals surface area contributed by atoms with E-state index < -0.39 is 0 Å². The fourth-order valence-electron chi connectivity index (χ4n) is 3.47. The Hall–Kier alpha value is -1.10. The highest BCUT2D eigenvalue weighted by Gasteiger charge is 2.32. The zero-order valence-corrected chi connectivity index (χ0v) is 14.4. The Kier molecular flexibility index (Phi) is 7.34. The van der Waals surface area contributed by atoms with Crippen LogP contribution in [-0.4, -0.2) is 42.6 Å². The molecule has 1 aliphatic heterocycles. The van der Waals surface area contributed by atoms with E-state index in [0.717, 1.165) is 19.4 Å². The van der Waals surface area contributed by atoms with Gasteiger partial charge in [0, 0.05) is 25.7 Å². The molecule has 1 N–H and O–H groups in total. The van der Waals surface area contributed by atoms with E-state index in [0.29, 0.717) is 25.7 Å². The van der Waals surface area contributed by atoms with E-state index in [4.69, 9.17) is 4.74 Å². The van der Waals surface area contributed by atoms with Gasteiger partial charge in [0.15, 0.2) is 0 Å². The number of nitrogens with one attached hydrogen (secondary N) is 1. The van der Waals surface area contributed by atoms with Crippen LogP contribution in [0.2, 0.25) is 0 Å². The first kappa shape index (κ1) is 18.2. The lowest BCUT2D eigenvalue weighted by atomic mass is 9.93. The highest BCUT2D eigenvalue weighted by Crippen LogP contribution is 2.25. The molecule has 3 rings (SSSR count). The summed E-state index contributed by atoms with van der Waals surface area (Å²) in [5.74, 6) is 0.156. The second-order valence-corrected chi connectivity index (χ2v) is 6.31. The molecule has 1 atom stereocenters. The smallest absolute Gasteiger partial charge is 0.253 e. The molecule has 0 spiro atoms. The summed E-state index contributed by atoms with van der Waals surface area (Å²) in [4.78, 5) is 15.0. The number of ether oxygens (including phenoxy) is 1. The van der Waals surface area contributed by atoms with E-state index in [9.17, 15) is 4.79 Å². The summed E-state index contributed by atoms with van der Waals surface area (Å²) >= 11 is 0. The van der Waals surface area contributed by atoms with E-state index in [1.165, 1.54) is 24.8 Å².